The number of hydrogen-bond acceptors (Lipinski definition) is 0. The summed E-state index contributed by atoms with van der Waals surface area (Å²) in [7, 11) is 0. The van der Waals surface area contributed by atoms with Crippen LogP contribution in [0.3, 0.4) is 0 Å². The van der Waals surface area contributed by atoms with Crippen molar-refractivity contribution in [2.75, 3.05) is 0 Å². The highest BCUT2D eigenvalue weighted by molar-refractivity contribution is 5.94. The number of benzene rings is 7. The summed E-state index contributed by atoms with van der Waals surface area (Å²) >= 11 is 0. The number of allylic oxidation sites excluding steroid dienone is 13. The topological polar surface area (TPSA) is 0 Å². The van der Waals surface area contributed by atoms with Crippen molar-refractivity contribution in [2.24, 2.45) is 17.8 Å². The van der Waals surface area contributed by atoms with E-state index in [1.54, 1.807) is 0 Å². The SMILES string of the molecule is C1=CC2C(C3=CC=C(C=Cc4ccc(-c5ccc6ccccc6c5)cc4)CC3)=c3ccccc3=C(C3=CC=C4c5ccccc5C5(c6ccccc6-c6ccccc65)C4C3)C2C=C1. The Hall–Kier alpha value is -7.28. The van der Waals surface area contributed by atoms with Crippen molar-refractivity contribution in [3.05, 3.63) is 273 Å². The molecule has 0 bridgehead atoms. The molecule has 6 aliphatic carbocycles. The zero-order valence-electron chi connectivity index (χ0n) is 35.2. The van der Waals surface area contributed by atoms with Gasteiger partial charge in [0.2, 0.25) is 0 Å². The molecule has 0 nitrogen and oxygen atoms in total. The normalized spacial score (nSPS) is 20.9. The van der Waals surface area contributed by atoms with Crippen molar-refractivity contribution in [1.29, 1.82) is 0 Å². The Balaban J connectivity index is 0.870. The van der Waals surface area contributed by atoms with Crippen molar-refractivity contribution in [2.45, 2.75) is 24.7 Å². The molecule has 0 aromatic heterocycles. The van der Waals surface area contributed by atoms with E-state index < -0.39 is 0 Å². The van der Waals surface area contributed by atoms with Gasteiger partial charge < -0.3 is 0 Å². The third-order valence-corrected chi connectivity index (χ3v) is 15.1. The monoisotopic (exact) mass is 802 g/mol. The van der Waals surface area contributed by atoms with Crippen LogP contribution in [0.15, 0.2) is 235 Å². The Kier molecular flexibility index (Phi) is 8.32. The summed E-state index contributed by atoms with van der Waals surface area (Å²) in [6.07, 6.45) is 27.0. The van der Waals surface area contributed by atoms with Crippen molar-refractivity contribution in [1.82, 2.24) is 0 Å². The minimum Gasteiger partial charge on any atom is -0.0761 e. The average molecular weight is 803 g/mol. The second kappa shape index (κ2) is 14.4. The first kappa shape index (κ1) is 36.4. The van der Waals surface area contributed by atoms with Crippen LogP contribution in [-0.2, 0) is 5.41 Å². The minimum absolute atomic E-state index is 0.227. The van der Waals surface area contributed by atoms with Gasteiger partial charge in [-0.3, -0.25) is 0 Å². The maximum absolute atomic E-state index is 2.50. The van der Waals surface area contributed by atoms with Crippen molar-refractivity contribution in [3.8, 4) is 22.3 Å². The fourth-order valence-electron chi connectivity index (χ4n) is 12.4. The van der Waals surface area contributed by atoms with Gasteiger partial charge in [-0.15, -0.1) is 0 Å². The zero-order chi connectivity index (χ0) is 41.5. The molecule has 0 amide bonds. The maximum atomic E-state index is 2.50. The summed E-state index contributed by atoms with van der Waals surface area (Å²) in [6.45, 7) is 0. The highest BCUT2D eigenvalue weighted by Crippen LogP contribution is 2.66. The Morgan fingerprint density at radius 1 is 0.444 bits per heavy atom. The third-order valence-electron chi connectivity index (χ3n) is 15.1. The van der Waals surface area contributed by atoms with Crippen LogP contribution < -0.4 is 10.4 Å². The Bertz CT molecular complexity index is 3380. The van der Waals surface area contributed by atoms with Crippen molar-refractivity contribution < 1.29 is 0 Å². The summed E-state index contributed by atoms with van der Waals surface area (Å²) in [5.41, 5.74) is 20.9. The van der Waals surface area contributed by atoms with Gasteiger partial charge in [-0.05, 0) is 130 Å². The van der Waals surface area contributed by atoms with Crippen LogP contribution in [0.2, 0.25) is 0 Å². The number of rotatable bonds is 5. The predicted octanol–water partition coefficient (Wildman–Crippen LogP) is 13.9. The van der Waals surface area contributed by atoms with Gasteiger partial charge in [0.05, 0.1) is 5.41 Å². The van der Waals surface area contributed by atoms with Crippen LogP contribution in [-0.4, -0.2) is 0 Å². The fraction of sp³-hybridized carbons (Fsp3) is 0.111. The molecule has 1 spiro atoms. The van der Waals surface area contributed by atoms with Gasteiger partial charge in [0, 0.05) is 17.8 Å². The van der Waals surface area contributed by atoms with Crippen LogP contribution >= 0.6 is 0 Å². The second-order valence-electron chi connectivity index (χ2n) is 18.2. The minimum atomic E-state index is -0.227. The van der Waals surface area contributed by atoms with Crippen LogP contribution in [0.4, 0.5) is 0 Å². The largest absolute Gasteiger partial charge is 0.0761 e. The Morgan fingerprint density at radius 3 is 1.70 bits per heavy atom. The van der Waals surface area contributed by atoms with Gasteiger partial charge in [-0.2, -0.15) is 0 Å². The smallest absolute Gasteiger partial charge is 0.0541 e. The van der Waals surface area contributed by atoms with Crippen LogP contribution in [0.5, 0.6) is 0 Å². The Labute approximate surface area is 370 Å². The molecular formula is C63H46. The lowest BCUT2D eigenvalue weighted by molar-refractivity contribution is 0.486. The number of hydrogen-bond donors (Lipinski definition) is 0. The lowest BCUT2D eigenvalue weighted by Gasteiger charge is -2.40. The van der Waals surface area contributed by atoms with Crippen molar-refractivity contribution >= 4 is 33.6 Å². The highest BCUT2D eigenvalue weighted by atomic mass is 14.6. The molecule has 0 aliphatic heterocycles. The van der Waals surface area contributed by atoms with Crippen molar-refractivity contribution in [3.63, 3.8) is 0 Å². The molecule has 3 unspecified atom stereocenters. The molecule has 0 heterocycles. The quantitative estimate of drug-likeness (QED) is 0.163. The van der Waals surface area contributed by atoms with E-state index in [-0.39, 0.29) is 17.3 Å². The maximum Gasteiger partial charge on any atom is 0.0541 e. The number of fused-ring (bicyclic) bond motifs is 13. The lowest BCUT2D eigenvalue weighted by atomic mass is 9.62. The van der Waals surface area contributed by atoms with E-state index in [1.165, 1.54) is 105 Å². The van der Waals surface area contributed by atoms with E-state index in [2.05, 4.69) is 225 Å². The summed E-state index contributed by atoms with van der Waals surface area (Å²) < 4.78 is 0. The van der Waals surface area contributed by atoms with Gasteiger partial charge in [-0.25, -0.2) is 0 Å². The van der Waals surface area contributed by atoms with E-state index in [0.717, 1.165) is 19.3 Å². The summed E-state index contributed by atoms with van der Waals surface area (Å²) in [4.78, 5) is 0. The first-order chi connectivity index (χ1) is 31.2. The molecule has 0 N–H and O–H groups in total. The molecule has 0 heteroatoms. The van der Waals surface area contributed by atoms with E-state index in [0.29, 0.717) is 5.92 Å². The van der Waals surface area contributed by atoms with E-state index in [9.17, 15) is 0 Å². The summed E-state index contributed by atoms with van der Waals surface area (Å²) in [5.74, 6) is 0.853. The first-order valence-corrected chi connectivity index (χ1v) is 22.8. The molecular weight excluding hydrogens is 757 g/mol. The molecule has 7 aromatic rings. The van der Waals surface area contributed by atoms with Crippen LogP contribution in [0.25, 0.3) is 55.8 Å². The molecule has 298 valence electrons. The molecule has 0 radical (unpaired) electrons. The molecule has 13 rings (SSSR count). The highest BCUT2D eigenvalue weighted by Gasteiger charge is 2.56. The molecule has 0 saturated heterocycles. The molecule has 0 saturated carbocycles. The molecule has 0 fully saturated rings. The summed E-state index contributed by atoms with van der Waals surface area (Å²) in [5, 5.41) is 5.35. The van der Waals surface area contributed by atoms with Gasteiger partial charge >= 0.3 is 0 Å². The molecule has 3 atom stereocenters. The molecule has 6 aliphatic rings. The Morgan fingerprint density at radius 2 is 1.02 bits per heavy atom. The zero-order valence-corrected chi connectivity index (χ0v) is 35.2. The van der Waals surface area contributed by atoms with Crippen LogP contribution in [0, 0.1) is 17.8 Å². The molecule has 63 heavy (non-hydrogen) atoms. The molecule has 7 aromatic carbocycles. The van der Waals surface area contributed by atoms with Crippen LogP contribution in [0.1, 0.15) is 47.1 Å². The third kappa shape index (κ3) is 5.54. The van der Waals surface area contributed by atoms with E-state index >= 15 is 0 Å². The second-order valence-corrected chi connectivity index (χ2v) is 18.2. The lowest BCUT2D eigenvalue weighted by Crippen LogP contribution is -2.41. The average Bonchev–Trinajstić information content (AvgIpc) is 3.82. The standard InChI is InChI=1S/C63H46/c1-2-14-46-39-47(36-35-43(46)13-1)44-31-27-41(28-32-44)25-26-42-29-33-45(34-30-42)61-53-18-3-5-20-55(53)62(56-21-6-4-19-54(56)61)48-37-38-52-51-17-9-12-24-59(51)63(60(52)40-48)57-22-10-7-15-49(57)50-16-8-11-23-58(50)63/h1-29,31-33,35-39,53,55,60H,30,34,40H2. The van der Waals surface area contributed by atoms with Gasteiger partial charge in [-0.1, -0.05) is 218 Å². The first-order valence-electron chi connectivity index (χ1n) is 22.8. The van der Waals surface area contributed by atoms with Gasteiger partial charge in [0.25, 0.3) is 0 Å². The van der Waals surface area contributed by atoms with Gasteiger partial charge in [0.1, 0.15) is 0 Å². The summed E-state index contributed by atoms with van der Waals surface area (Å²) in [6, 6.07) is 61.4. The van der Waals surface area contributed by atoms with Gasteiger partial charge in [0.15, 0.2) is 0 Å². The van der Waals surface area contributed by atoms with E-state index in [1.807, 2.05) is 0 Å². The fourth-order valence-corrected chi connectivity index (χ4v) is 12.4. The van der Waals surface area contributed by atoms with E-state index in [4.69, 9.17) is 0 Å². The predicted molar refractivity (Wildman–Crippen MR) is 264 cm³/mol.